The molecule has 1 aromatic carbocycles. The second-order valence-corrected chi connectivity index (χ2v) is 7.70. The first-order chi connectivity index (χ1) is 9.72. The van der Waals surface area contributed by atoms with E-state index < -0.39 is 21.4 Å². The van der Waals surface area contributed by atoms with E-state index in [4.69, 9.17) is 0 Å². The highest BCUT2D eigenvalue weighted by Crippen LogP contribution is 2.25. The molecule has 1 heterocycles. The minimum Gasteiger partial charge on any atom is -0.383 e. The van der Waals surface area contributed by atoms with E-state index in [9.17, 15) is 17.9 Å². The lowest BCUT2D eigenvalue weighted by Gasteiger charge is -2.22. The van der Waals surface area contributed by atoms with Gasteiger partial charge in [-0.25, -0.2) is 17.5 Å². The predicted octanol–water partition coefficient (Wildman–Crippen LogP) is 2.38. The van der Waals surface area contributed by atoms with Crippen LogP contribution in [0.25, 0.3) is 0 Å². The molecule has 4 nitrogen and oxygen atoms in total. The molecule has 0 amide bonds. The standard InChI is InChI=1S/C14H16FNO3S2/c1-10-8-11(5-6-12(10)15)21(18,19)16-9-14(2,17)13-4-3-7-20-13/h3-8,16-17H,9H2,1-2H3. The topological polar surface area (TPSA) is 66.4 Å². The van der Waals surface area contributed by atoms with Gasteiger partial charge in [0.25, 0.3) is 0 Å². The molecule has 1 unspecified atom stereocenters. The van der Waals surface area contributed by atoms with Gasteiger partial charge < -0.3 is 5.11 Å². The molecule has 2 rings (SSSR count). The summed E-state index contributed by atoms with van der Waals surface area (Å²) in [5, 5.41) is 12.1. The van der Waals surface area contributed by atoms with Crippen LogP contribution >= 0.6 is 11.3 Å². The summed E-state index contributed by atoms with van der Waals surface area (Å²) in [7, 11) is -3.80. The molecule has 2 N–H and O–H groups in total. The number of hydrogen-bond acceptors (Lipinski definition) is 4. The first-order valence-corrected chi connectivity index (χ1v) is 8.61. The fourth-order valence-corrected chi connectivity index (χ4v) is 3.78. The Kier molecular flexibility index (Phi) is 4.48. The number of sulfonamides is 1. The van der Waals surface area contributed by atoms with E-state index in [2.05, 4.69) is 4.72 Å². The molecule has 0 radical (unpaired) electrons. The third-order valence-corrected chi connectivity index (χ3v) is 5.62. The Morgan fingerprint density at radius 2 is 2.10 bits per heavy atom. The Morgan fingerprint density at radius 1 is 1.38 bits per heavy atom. The number of rotatable bonds is 5. The van der Waals surface area contributed by atoms with Crippen molar-refractivity contribution >= 4 is 21.4 Å². The Balaban J connectivity index is 2.16. The van der Waals surface area contributed by atoms with Gasteiger partial charge >= 0.3 is 0 Å². The molecule has 0 aliphatic rings. The molecule has 7 heteroatoms. The zero-order valence-corrected chi connectivity index (χ0v) is 13.3. The van der Waals surface area contributed by atoms with Crippen LogP contribution in [-0.4, -0.2) is 20.1 Å². The summed E-state index contributed by atoms with van der Waals surface area (Å²) in [6, 6.07) is 7.09. The van der Waals surface area contributed by atoms with Crippen molar-refractivity contribution in [2.45, 2.75) is 24.3 Å². The summed E-state index contributed by atoms with van der Waals surface area (Å²) in [5.41, 5.74) is -1.04. The highest BCUT2D eigenvalue weighted by atomic mass is 32.2. The highest BCUT2D eigenvalue weighted by Gasteiger charge is 2.27. The summed E-state index contributed by atoms with van der Waals surface area (Å²) in [6.07, 6.45) is 0. The molecule has 0 bridgehead atoms. The molecule has 1 aromatic heterocycles. The molecule has 21 heavy (non-hydrogen) atoms. The Morgan fingerprint density at radius 3 is 2.67 bits per heavy atom. The smallest absolute Gasteiger partial charge is 0.240 e. The average molecular weight is 329 g/mol. The molecule has 0 saturated carbocycles. The van der Waals surface area contributed by atoms with Crippen molar-refractivity contribution in [3.05, 3.63) is 52.0 Å². The third-order valence-electron chi connectivity index (χ3n) is 3.10. The van der Waals surface area contributed by atoms with Gasteiger partial charge in [0.1, 0.15) is 11.4 Å². The minimum atomic E-state index is -3.80. The van der Waals surface area contributed by atoms with Crippen LogP contribution in [-0.2, 0) is 15.6 Å². The van der Waals surface area contributed by atoms with Gasteiger partial charge in [0.15, 0.2) is 0 Å². The molecule has 0 saturated heterocycles. The van der Waals surface area contributed by atoms with Crippen molar-refractivity contribution in [3.63, 3.8) is 0 Å². The van der Waals surface area contributed by atoms with E-state index in [1.165, 1.54) is 37.3 Å². The van der Waals surface area contributed by atoms with Gasteiger partial charge in [-0.3, -0.25) is 0 Å². The zero-order valence-electron chi connectivity index (χ0n) is 11.6. The van der Waals surface area contributed by atoms with Gasteiger partial charge in [-0.15, -0.1) is 11.3 Å². The van der Waals surface area contributed by atoms with E-state index in [-0.39, 0.29) is 17.0 Å². The summed E-state index contributed by atoms with van der Waals surface area (Å²) >= 11 is 1.35. The fraction of sp³-hybridized carbons (Fsp3) is 0.286. The van der Waals surface area contributed by atoms with Gasteiger partial charge in [-0.1, -0.05) is 6.07 Å². The van der Waals surface area contributed by atoms with Gasteiger partial charge in [-0.05, 0) is 49.1 Å². The van der Waals surface area contributed by atoms with E-state index in [1.54, 1.807) is 12.1 Å². The van der Waals surface area contributed by atoms with Crippen LogP contribution in [0.15, 0.2) is 40.6 Å². The fourth-order valence-electron chi connectivity index (χ4n) is 1.78. The molecule has 114 valence electrons. The van der Waals surface area contributed by atoms with E-state index in [0.29, 0.717) is 4.88 Å². The molecule has 0 aliphatic carbocycles. The second kappa shape index (κ2) is 5.84. The number of aryl methyl sites for hydroxylation is 1. The van der Waals surface area contributed by atoms with Crippen LogP contribution in [0.4, 0.5) is 4.39 Å². The van der Waals surface area contributed by atoms with Crippen molar-refractivity contribution in [1.29, 1.82) is 0 Å². The van der Waals surface area contributed by atoms with Crippen molar-refractivity contribution in [3.8, 4) is 0 Å². The second-order valence-electron chi connectivity index (χ2n) is 4.99. The summed E-state index contributed by atoms with van der Waals surface area (Å²) in [4.78, 5) is 0.642. The van der Waals surface area contributed by atoms with Crippen LogP contribution in [0.5, 0.6) is 0 Å². The number of hydrogen-bond donors (Lipinski definition) is 2. The summed E-state index contributed by atoms with van der Waals surface area (Å²) in [6.45, 7) is 2.87. The van der Waals surface area contributed by atoms with E-state index in [0.717, 1.165) is 6.07 Å². The largest absolute Gasteiger partial charge is 0.383 e. The van der Waals surface area contributed by atoms with Gasteiger partial charge in [0, 0.05) is 11.4 Å². The van der Waals surface area contributed by atoms with Crippen LogP contribution in [0, 0.1) is 12.7 Å². The SMILES string of the molecule is Cc1cc(S(=O)(=O)NCC(C)(O)c2cccs2)ccc1F. The molecular weight excluding hydrogens is 313 g/mol. The lowest BCUT2D eigenvalue weighted by Crippen LogP contribution is -2.38. The number of thiophene rings is 1. The van der Waals surface area contributed by atoms with Crippen LogP contribution in [0.2, 0.25) is 0 Å². The van der Waals surface area contributed by atoms with Crippen molar-refractivity contribution in [2.24, 2.45) is 0 Å². The normalized spacial score (nSPS) is 14.9. The number of benzene rings is 1. The molecule has 2 aromatic rings. The van der Waals surface area contributed by atoms with Crippen LogP contribution < -0.4 is 4.72 Å². The van der Waals surface area contributed by atoms with Crippen molar-refractivity contribution in [2.75, 3.05) is 6.54 Å². The maximum atomic E-state index is 13.2. The first-order valence-electron chi connectivity index (χ1n) is 6.24. The maximum absolute atomic E-state index is 13.2. The number of aliphatic hydroxyl groups is 1. The number of nitrogens with one attached hydrogen (secondary N) is 1. The van der Waals surface area contributed by atoms with Crippen LogP contribution in [0.3, 0.4) is 0 Å². The maximum Gasteiger partial charge on any atom is 0.240 e. The summed E-state index contributed by atoms with van der Waals surface area (Å²) < 4.78 is 39.9. The Hall–Kier alpha value is -1.28. The molecule has 0 spiro atoms. The molecule has 0 aliphatic heterocycles. The van der Waals surface area contributed by atoms with Gasteiger partial charge in [0.05, 0.1) is 4.90 Å². The lowest BCUT2D eigenvalue weighted by molar-refractivity contribution is 0.0666. The Labute approximate surface area is 127 Å². The van der Waals surface area contributed by atoms with Crippen molar-refractivity contribution in [1.82, 2.24) is 4.72 Å². The summed E-state index contributed by atoms with van der Waals surface area (Å²) in [5.74, 6) is -0.459. The Bertz CT molecular complexity index is 725. The van der Waals surface area contributed by atoms with Crippen LogP contribution in [0.1, 0.15) is 17.4 Å². The average Bonchev–Trinajstić information content (AvgIpc) is 2.94. The monoisotopic (exact) mass is 329 g/mol. The zero-order chi connectivity index (χ0) is 15.7. The molecular formula is C14H16FNO3S2. The first kappa shape index (κ1) is 16.1. The third kappa shape index (κ3) is 3.68. The molecule has 1 atom stereocenters. The predicted molar refractivity (Wildman–Crippen MR) is 80.2 cm³/mol. The minimum absolute atomic E-state index is 0.0246. The van der Waals surface area contributed by atoms with E-state index >= 15 is 0 Å². The number of halogens is 1. The van der Waals surface area contributed by atoms with E-state index in [1.807, 2.05) is 5.38 Å². The highest BCUT2D eigenvalue weighted by molar-refractivity contribution is 7.89. The van der Waals surface area contributed by atoms with Crippen molar-refractivity contribution < 1.29 is 17.9 Å². The quantitative estimate of drug-likeness (QED) is 0.885. The lowest BCUT2D eigenvalue weighted by atomic mass is 10.1. The molecule has 0 fully saturated rings. The van der Waals surface area contributed by atoms with Gasteiger partial charge in [0.2, 0.25) is 10.0 Å². The van der Waals surface area contributed by atoms with Gasteiger partial charge in [-0.2, -0.15) is 0 Å².